The van der Waals surface area contributed by atoms with E-state index in [0.29, 0.717) is 10.0 Å². The van der Waals surface area contributed by atoms with Gasteiger partial charge in [0.2, 0.25) is 11.6 Å². The molecule has 152 valence electrons. The van der Waals surface area contributed by atoms with Crippen LogP contribution in [0.5, 0.6) is 0 Å². The molecule has 0 saturated carbocycles. The average Bonchev–Trinajstić information content (AvgIpc) is 2.72. The topological polar surface area (TPSA) is 86.7 Å². The van der Waals surface area contributed by atoms with Gasteiger partial charge in [0.1, 0.15) is 0 Å². The Morgan fingerprint density at radius 1 is 0.800 bits per heavy atom. The molecule has 1 aliphatic rings. The first-order valence-corrected chi connectivity index (χ1v) is 9.55. The molecule has 2 aromatic carbocycles. The van der Waals surface area contributed by atoms with Gasteiger partial charge < -0.3 is 9.47 Å². The lowest BCUT2D eigenvalue weighted by molar-refractivity contribution is -0.119. The van der Waals surface area contributed by atoms with Crippen LogP contribution < -0.4 is 0 Å². The SMILES string of the molecule is CCC1=C(OC(=O)c2ccc(Cl)cc2)C(=O)C=C(OC(=O)c2ccc(Cl)cc2)C1=O. The van der Waals surface area contributed by atoms with Crippen LogP contribution in [0, 0.1) is 0 Å². The summed E-state index contributed by atoms with van der Waals surface area (Å²) >= 11 is 11.6. The summed E-state index contributed by atoms with van der Waals surface area (Å²) in [5.74, 6) is -3.94. The number of carbonyl (C=O) groups excluding carboxylic acids is 4. The van der Waals surface area contributed by atoms with Gasteiger partial charge in [0.15, 0.2) is 11.5 Å². The van der Waals surface area contributed by atoms with E-state index in [0.717, 1.165) is 6.08 Å². The van der Waals surface area contributed by atoms with E-state index in [1.54, 1.807) is 6.92 Å². The van der Waals surface area contributed by atoms with Crippen LogP contribution >= 0.6 is 23.2 Å². The molecule has 3 rings (SSSR count). The van der Waals surface area contributed by atoms with E-state index < -0.39 is 35.0 Å². The fourth-order valence-electron chi connectivity index (χ4n) is 2.64. The van der Waals surface area contributed by atoms with Crippen molar-refractivity contribution in [2.24, 2.45) is 0 Å². The van der Waals surface area contributed by atoms with Crippen LogP contribution in [0.3, 0.4) is 0 Å². The number of ether oxygens (including phenoxy) is 2. The van der Waals surface area contributed by atoms with Gasteiger partial charge in [0, 0.05) is 16.1 Å². The Morgan fingerprint density at radius 2 is 1.27 bits per heavy atom. The van der Waals surface area contributed by atoms with Crippen molar-refractivity contribution in [3.8, 4) is 0 Å². The average molecular weight is 445 g/mol. The van der Waals surface area contributed by atoms with Crippen molar-refractivity contribution in [3.05, 3.63) is 92.9 Å². The monoisotopic (exact) mass is 444 g/mol. The Balaban J connectivity index is 1.80. The molecule has 30 heavy (non-hydrogen) atoms. The first-order valence-electron chi connectivity index (χ1n) is 8.79. The maximum absolute atomic E-state index is 12.7. The molecule has 1 aliphatic carbocycles. The summed E-state index contributed by atoms with van der Waals surface area (Å²) in [5.41, 5.74) is 0.248. The van der Waals surface area contributed by atoms with Gasteiger partial charge in [0.05, 0.1) is 16.7 Å². The standard InChI is InChI=1S/C22H14Cl2O6/c1-2-16-19(26)18(29-21(27)12-3-7-14(23)8-4-12)11-17(25)20(16)30-22(28)13-5-9-15(24)10-6-13/h3-11H,2H2,1H3. The molecule has 0 bridgehead atoms. The van der Waals surface area contributed by atoms with Crippen molar-refractivity contribution < 1.29 is 28.7 Å². The second-order valence-corrected chi connectivity index (χ2v) is 7.03. The number of carbonyl (C=O) groups is 4. The highest BCUT2D eigenvalue weighted by Crippen LogP contribution is 2.25. The van der Waals surface area contributed by atoms with Gasteiger partial charge in [-0.1, -0.05) is 30.1 Å². The number of allylic oxidation sites excluding steroid dienone is 2. The fraction of sp³-hybridized carbons (Fsp3) is 0.0909. The largest absolute Gasteiger partial charge is 0.419 e. The van der Waals surface area contributed by atoms with Crippen LogP contribution in [0.2, 0.25) is 10.0 Å². The van der Waals surface area contributed by atoms with E-state index >= 15 is 0 Å². The second kappa shape index (κ2) is 9.07. The highest BCUT2D eigenvalue weighted by Gasteiger charge is 2.33. The lowest BCUT2D eigenvalue weighted by Crippen LogP contribution is -2.25. The van der Waals surface area contributed by atoms with Crippen molar-refractivity contribution in [2.45, 2.75) is 13.3 Å². The van der Waals surface area contributed by atoms with E-state index in [1.807, 2.05) is 0 Å². The van der Waals surface area contributed by atoms with Gasteiger partial charge in [0.25, 0.3) is 0 Å². The van der Waals surface area contributed by atoms with Crippen LogP contribution in [0.4, 0.5) is 0 Å². The van der Waals surface area contributed by atoms with Gasteiger partial charge in [-0.15, -0.1) is 0 Å². The predicted octanol–water partition coefficient (Wildman–Crippen LogP) is 4.71. The van der Waals surface area contributed by atoms with Crippen molar-refractivity contribution in [3.63, 3.8) is 0 Å². The van der Waals surface area contributed by atoms with E-state index in [9.17, 15) is 19.2 Å². The quantitative estimate of drug-likeness (QED) is 0.490. The molecule has 0 spiro atoms. The molecule has 0 N–H and O–H groups in total. The molecule has 0 fully saturated rings. The molecule has 0 amide bonds. The smallest absolute Gasteiger partial charge is 0.343 e. The molecule has 0 aliphatic heterocycles. The molecule has 0 radical (unpaired) electrons. The van der Waals surface area contributed by atoms with Gasteiger partial charge >= 0.3 is 11.9 Å². The Morgan fingerprint density at radius 3 is 1.73 bits per heavy atom. The van der Waals surface area contributed by atoms with Crippen LogP contribution in [-0.4, -0.2) is 23.5 Å². The Hall–Kier alpha value is -3.22. The number of halogens is 2. The summed E-state index contributed by atoms with van der Waals surface area (Å²) in [6.07, 6.45) is 0.920. The molecule has 0 aromatic heterocycles. The van der Waals surface area contributed by atoms with Crippen molar-refractivity contribution in [1.82, 2.24) is 0 Å². The minimum Gasteiger partial charge on any atom is -0.419 e. The van der Waals surface area contributed by atoms with Crippen molar-refractivity contribution >= 4 is 46.7 Å². The Labute approximate surface area is 181 Å². The fourth-order valence-corrected chi connectivity index (χ4v) is 2.89. The number of hydrogen-bond donors (Lipinski definition) is 0. The van der Waals surface area contributed by atoms with Crippen LogP contribution in [0.15, 0.2) is 71.7 Å². The summed E-state index contributed by atoms with van der Waals surface area (Å²) in [5, 5.41) is 0.858. The van der Waals surface area contributed by atoms with Crippen LogP contribution in [0.25, 0.3) is 0 Å². The number of ketones is 2. The molecule has 2 aromatic rings. The summed E-state index contributed by atoms with van der Waals surface area (Å²) < 4.78 is 10.3. The second-order valence-electron chi connectivity index (χ2n) is 6.16. The van der Waals surface area contributed by atoms with Gasteiger partial charge in [-0.2, -0.15) is 0 Å². The number of benzene rings is 2. The van der Waals surface area contributed by atoms with E-state index in [-0.39, 0.29) is 23.1 Å². The Kier molecular flexibility index (Phi) is 6.50. The zero-order valence-corrected chi connectivity index (χ0v) is 17.1. The summed E-state index contributed by atoms with van der Waals surface area (Å²) in [6.45, 7) is 1.61. The number of rotatable bonds is 5. The summed E-state index contributed by atoms with van der Waals surface area (Å²) in [6, 6.07) is 11.7. The lowest BCUT2D eigenvalue weighted by atomic mass is 9.97. The molecule has 0 heterocycles. The molecular formula is C22H14Cl2O6. The molecule has 0 saturated heterocycles. The first kappa shape index (κ1) is 21.5. The Bertz CT molecular complexity index is 1100. The highest BCUT2D eigenvalue weighted by atomic mass is 35.5. The van der Waals surface area contributed by atoms with Crippen LogP contribution in [-0.2, 0) is 19.1 Å². The van der Waals surface area contributed by atoms with Crippen molar-refractivity contribution in [1.29, 1.82) is 0 Å². The van der Waals surface area contributed by atoms with Gasteiger partial charge in [-0.05, 0) is 55.0 Å². The van der Waals surface area contributed by atoms with Crippen LogP contribution in [0.1, 0.15) is 34.1 Å². The third-order valence-corrected chi connectivity index (χ3v) is 4.67. The first-order chi connectivity index (χ1) is 14.3. The summed E-state index contributed by atoms with van der Waals surface area (Å²) in [4.78, 5) is 49.8. The zero-order chi connectivity index (χ0) is 21.8. The number of hydrogen-bond acceptors (Lipinski definition) is 6. The predicted molar refractivity (Wildman–Crippen MR) is 109 cm³/mol. The van der Waals surface area contributed by atoms with E-state index in [4.69, 9.17) is 32.7 Å². The lowest BCUT2D eigenvalue weighted by Gasteiger charge is -2.17. The molecule has 0 atom stereocenters. The molecule has 8 heteroatoms. The maximum Gasteiger partial charge on any atom is 0.343 e. The number of esters is 2. The van der Waals surface area contributed by atoms with Gasteiger partial charge in [-0.3, -0.25) is 9.59 Å². The van der Waals surface area contributed by atoms with E-state index in [2.05, 4.69) is 0 Å². The van der Waals surface area contributed by atoms with Gasteiger partial charge in [-0.25, -0.2) is 9.59 Å². The normalized spacial score (nSPS) is 13.8. The zero-order valence-electron chi connectivity index (χ0n) is 15.6. The molecular weight excluding hydrogens is 431 g/mol. The third kappa shape index (κ3) is 4.67. The molecule has 0 unspecified atom stereocenters. The minimum atomic E-state index is -0.823. The number of Topliss-reactive ketones (excluding diaryl/α,β-unsaturated/α-hetero) is 1. The third-order valence-electron chi connectivity index (χ3n) is 4.17. The minimum absolute atomic E-state index is 0.0660. The maximum atomic E-state index is 12.7. The summed E-state index contributed by atoms with van der Waals surface area (Å²) in [7, 11) is 0. The van der Waals surface area contributed by atoms with Crippen molar-refractivity contribution in [2.75, 3.05) is 0 Å². The highest BCUT2D eigenvalue weighted by molar-refractivity contribution is 6.31. The van der Waals surface area contributed by atoms with E-state index in [1.165, 1.54) is 48.5 Å². The molecule has 6 nitrogen and oxygen atoms in total.